The third kappa shape index (κ3) is 7.80. The fourth-order valence-corrected chi connectivity index (χ4v) is 4.82. The molecule has 2 bridgehead atoms. The fourth-order valence-electron chi connectivity index (χ4n) is 4.82. The summed E-state index contributed by atoms with van der Waals surface area (Å²) in [4.78, 5) is 24.8. The first-order valence-corrected chi connectivity index (χ1v) is 13.4. The Labute approximate surface area is 223 Å². The van der Waals surface area contributed by atoms with Crippen molar-refractivity contribution in [2.75, 3.05) is 19.7 Å². The van der Waals surface area contributed by atoms with Crippen LogP contribution in [0.25, 0.3) is 0 Å². The molecule has 38 heavy (non-hydrogen) atoms. The number of rotatable bonds is 5. The van der Waals surface area contributed by atoms with Crippen LogP contribution >= 0.6 is 0 Å². The number of benzene rings is 2. The maximum atomic E-state index is 14.4. The number of aliphatic hydroxyl groups is 1. The second kappa shape index (κ2) is 12.9. The molecule has 2 atom stereocenters. The van der Waals surface area contributed by atoms with Crippen LogP contribution in [0.3, 0.4) is 0 Å². The molecule has 1 aliphatic carbocycles. The van der Waals surface area contributed by atoms with Crippen LogP contribution in [-0.4, -0.2) is 48.8 Å². The molecule has 2 aliphatic rings. The quantitative estimate of drug-likeness (QED) is 0.454. The number of carbonyl (C=O) groups excluding carboxylic acids is 2. The van der Waals surface area contributed by atoms with E-state index in [1.54, 1.807) is 6.07 Å². The predicted octanol–water partition coefficient (Wildman–Crippen LogP) is 2.93. The van der Waals surface area contributed by atoms with Crippen molar-refractivity contribution in [3.63, 3.8) is 0 Å². The average molecular weight is 522 g/mol. The SMILES string of the molecule is C#Cc1cccc(C2(NC[C@@H](O)[C@@H]3Cc4cc(F)cc(c4)OCCCCNC(=O)CCCC(=O)N3)CC2)c1. The lowest BCUT2D eigenvalue weighted by atomic mass is 9.98. The van der Waals surface area contributed by atoms with Crippen molar-refractivity contribution in [1.82, 2.24) is 16.0 Å². The molecule has 1 fully saturated rings. The summed E-state index contributed by atoms with van der Waals surface area (Å²) in [7, 11) is 0. The highest BCUT2D eigenvalue weighted by Crippen LogP contribution is 2.45. The molecule has 1 saturated carbocycles. The van der Waals surface area contributed by atoms with Crippen molar-refractivity contribution >= 4 is 11.8 Å². The number of terminal acetylenes is 1. The number of hydrogen-bond acceptors (Lipinski definition) is 5. The Balaban J connectivity index is 1.48. The largest absolute Gasteiger partial charge is 0.493 e. The summed E-state index contributed by atoms with van der Waals surface area (Å²) < 4.78 is 20.1. The molecular weight excluding hydrogens is 485 g/mol. The van der Waals surface area contributed by atoms with Crippen LogP contribution in [-0.2, 0) is 21.5 Å². The van der Waals surface area contributed by atoms with Crippen molar-refractivity contribution in [3.8, 4) is 18.1 Å². The third-order valence-corrected chi connectivity index (χ3v) is 7.15. The molecule has 1 heterocycles. The molecule has 0 saturated heterocycles. The molecule has 7 nitrogen and oxygen atoms in total. The third-order valence-electron chi connectivity index (χ3n) is 7.15. The summed E-state index contributed by atoms with van der Waals surface area (Å²) in [5.74, 6) is 2.26. The molecule has 8 heteroatoms. The van der Waals surface area contributed by atoms with Crippen molar-refractivity contribution < 1.29 is 23.8 Å². The molecule has 202 valence electrons. The second-order valence-electron chi connectivity index (χ2n) is 10.2. The average Bonchev–Trinajstić information content (AvgIpc) is 3.69. The molecule has 2 amide bonds. The standard InChI is InChI=1S/C30H36FN3O4/c1-2-21-7-5-8-23(15-21)30(11-12-30)33-20-27(35)26-18-22-16-24(31)19-25(17-22)38-14-4-3-13-32-28(36)9-6-10-29(37)34-26/h1,5,7-8,15-17,19,26-27,33,35H,3-4,6,9-14,18,20H2,(H,32,36)(H,34,37)/t26-,27+/m0/s1. The number of halogens is 1. The van der Waals surface area contributed by atoms with Gasteiger partial charge in [0, 0.05) is 43.1 Å². The Kier molecular flexibility index (Phi) is 9.38. The first-order chi connectivity index (χ1) is 18.4. The highest BCUT2D eigenvalue weighted by molar-refractivity contribution is 5.79. The van der Waals surface area contributed by atoms with E-state index in [2.05, 4.69) is 21.9 Å². The summed E-state index contributed by atoms with van der Waals surface area (Å²) in [6.45, 7) is 1.15. The van der Waals surface area contributed by atoms with Crippen molar-refractivity contribution in [1.29, 1.82) is 0 Å². The Morgan fingerprint density at radius 1 is 1.13 bits per heavy atom. The summed E-state index contributed by atoms with van der Waals surface area (Å²) in [6, 6.07) is 11.6. The smallest absolute Gasteiger partial charge is 0.220 e. The zero-order chi connectivity index (χ0) is 27.0. The molecule has 0 radical (unpaired) electrons. The van der Waals surface area contributed by atoms with Crippen LogP contribution in [0.1, 0.15) is 61.6 Å². The first-order valence-electron chi connectivity index (χ1n) is 13.4. The highest BCUT2D eigenvalue weighted by atomic mass is 19.1. The van der Waals surface area contributed by atoms with Gasteiger partial charge in [-0.2, -0.15) is 0 Å². The lowest BCUT2D eigenvalue weighted by Gasteiger charge is -2.27. The normalized spacial score (nSPS) is 21.1. The lowest BCUT2D eigenvalue weighted by Crippen LogP contribution is -2.50. The van der Waals surface area contributed by atoms with Gasteiger partial charge in [0.15, 0.2) is 0 Å². The predicted molar refractivity (Wildman–Crippen MR) is 143 cm³/mol. The Morgan fingerprint density at radius 2 is 1.95 bits per heavy atom. The fraction of sp³-hybridized carbons (Fsp3) is 0.467. The van der Waals surface area contributed by atoms with Crippen LogP contribution in [0.5, 0.6) is 5.75 Å². The zero-order valence-electron chi connectivity index (χ0n) is 21.6. The number of amides is 2. The van der Waals surface area contributed by atoms with E-state index in [-0.39, 0.29) is 43.2 Å². The minimum atomic E-state index is -0.940. The molecule has 2 aromatic rings. The van der Waals surface area contributed by atoms with E-state index in [9.17, 15) is 19.1 Å². The first kappa shape index (κ1) is 27.6. The summed E-state index contributed by atoms with van der Waals surface area (Å²) in [5, 5.41) is 20.4. The van der Waals surface area contributed by atoms with Crippen LogP contribution in [0.4, 0.5) is 4.39 Å². The van der Waals surface area contributed by atoms with E-state index >= 15 is 0 Å². The second-order valence-corrected chi connectivity index (χ2v) is 10.2. The van der Waals surface area contributed by atoms with Crippen molar-refractivity contribution in [3.05, 3.63) is 65.0 Å². The van der Waals surface area contributed by atoms with Crippen molar-refractivity contribution in [2.45, 2.75) is 69.1 Å². The number of aliphatic hydroxyl groups excluding tert-OH is 1. The summed E-state index contributed by atoms with van der Waals surface area (Å²) in [6.07, 6.45) is 8.95. The number of carbonyl (C=O) groups is 2. The zero-order valence-corrected chi connectivity index (χ0v) is 21.6. The topological polar surface area (TPSA) is 99.7 Å². The maximum Gasteiger partial charge on any atom is 0.220 e. The minimum absolute atomic E-state index is 0.0961. The van der Waals surface area contributed by atoms with Gasteiger partial charge in [0.05, 0.1) is 18.8 Å². The van der Waals surface area contributed by atoms with E-state index in [1.807, 2.05) is 24.3 Å². The van der Waals surface area contributed by atoms with E-state index in [4.69, 9.17) is 11.2 Å². The Morgan fingerprint density at radius 3 is 2.74 bits per heavy atom. The van der Waals surface area contributed by atoms with Crippen LogP contribution in [0.15, 0.2) is 42.5 Å². The highest BCUT2D eigenvalue weighted by Gasteiger charge is 2.44. The van der Waals surface area contributed by atoms with Crippen LogP contribution in [0.2, 0.25) is 0 Å². The van der Waals surface area contributed by atoms with E-state index in [1.165, 1.54) is 12.1 Å². The molecule has 1 aliphatic heterocycles. The van der Waals surface area contributed by atoms with Crippen LogP contribution in [0, 0.1) is 18.2 Å². The monoisotopic (exact) mass is 521 g/mol. The van der Waals surface area contributed by atoms with Gasteiger partial charge in [-0.1, -0.05) is 18.1 Å². The molecule has 0 spiro atoms. The van der Waals surface area contributed by atoms with E-state index < -0.39 is 18.0 Å². The van der Waals surface area contributed by atoms with Gasteiger partial charge in [-0.05, 0) is 73.9 Å². The number of fused-ring (bicyclic) bond motifs is 2. The van der Waals surface area contributed by atoms with Gasteiger partial charge in [0.25, 0.3) is 0 Å². The maximum absolute atomic E-state index is 14.4. The van der Waals surface area contributed by atoms with Gasteiger partial charge in [0.1, 0.15) is 11.6 Å². The van der Waals surface area contributed by atoms with Gasteiger partial charge in [-0.25, -0.2) is 4.39 Å². The molecule has 4 N–H and O–H groups in total. The summed E-state index contributed by atoms with van der Waals surface area (Å²) >= 11 is 0. The molecule has 2 aromatic carbocycles. The Bertz CT molecular complexity index is 1170. The van der Waals surface area contributed by atoms with Gasteiger partial charge in [-0.3, -0.25) is 9.59 Å². The van der Waals surface area contributed by atoms with Crippen molar-refractivity contribution in [2.24, 2.45) is 0 Å². The number of ether oxygens (including phenoxy) is 1. The Hall–Kier alpha value is -3.41. The van der Waals surface area contributed by atoms with Gasteiger partial charge in [-0.15, -0.1) is 6.42 Å². The lowest BCUT2D eigenvalue weighted by molar-refractivity contribution is -0.123. The van der Waals surface area contributed by atoms with Gasteiger partial charge in [0.2, 0.25) is 11.8 Å². The van der Waals surface area contributed by atoms with Crippen LogP contribution < -0.4 is 20.7 Å². The molecule has 0 aromatic heterocycles. The van der Waals surface area contributed by atoms with E-state index in [0.29, 0.717) is 37.3 Å². The number of hydrogen-bond donors (Lipinski definition) is 4. The molecule has 4 rings (SSSR count). The minimum Gasteiger partial charge on any atom is -0.493 e. The number of nitrogens with one attached hydrogen (secondary N) is 3. The molecule has 0 unspecified atom stereocenters. The molecular formula is C30H36FN3O4. The van der Waals surface area contributed by atoms with E-state index in [0.717, 1.165) is 30.4 Å². The van der Waals surface area contributed by atoms with Gasteiger partial charge >= 0.3 is 0 Å². The summed E-state index contributed by atoms with van der Waals surface area (Å²) in [5.41, 5.74) is 2.23. The van der Waals surface area contributed by atoms with Gasteiger partial charge < -0.3 is 25.8 Å².